The summed E-state index contributed by atoms with van der Waals surface area (Å²) in [6.07, 6.45) is 0. The maximum absolute atomic E-state index is 5.55. The van der Waals surface area contributed by atoms with Gasteiger partial charge in [0.05, 0.1) is 0 Å². The normalized spacial score (nSPS) is 6.73. The van der Waals surface area contributed by atoms with Crippen molar-refractivity contribution in [3.8, 4) is 0 Å². The molecular weight excluding hydrogens is 230 g/mol. The maximum atomic E-state index is 5.55. The molecule has 5 heteroatoms. The van der Waals surface area contributed by atoms with Gasteiger partial charge < -0.3 is 1.43 Å². The first kappa shape index (κ1) is 18.3. The average Bonchev–Trinajstić information content (AvgIpc) is 1.77. The molecule has 0 amide bonds. The van der Waals surface area contributed by atoms with Gasteiger partial charge in [-0.15, -0.1) is 0 Å². The van der Waals surface area contributed by atoms with Gasteiger partial charge in [-0.25, -0.2) is 0 Å². The summed E-state index contributed by atoms with van der Waals surface area (Å²) in [5, 5.41) is 1.43. The molecule has 60 valence electrons. The molecule has 0 aliphatic rings. The van der Waals surface area contributed by atoms with E-state index in [-0.39, 0.29) is 58.0 Å². The fraction of sp³-hybridized carbons (Fsp3) is 0. The van der Waals surface area contributed by atoms with E-state index in [0.717, 1.165) is 10.0 Å². The van der Waals surface area contributed by atoms with Crippen LogP contribution >= 0.6 is 50.2 Å². The summed E-state index contributed by atoms with van der Waals surface area (Å²) < 4.78 is 0. The SMILES string of the molecule is Clc1ccc(Cl)cc1.S.S.[H-].[Na+]. The molecule has 0 N–H and O–H groups in total. The zero-order chi connectivity index (χ0) is 5.98. The molecule has 0 aliphatic carbocycles. The number of rotatable bonds is 0. The van der Waals surface area contributed by atoms with E-state index in [9.17, 15) is 0 Å². The molecule has 0 aliphatic heterocycles. The summed E-state index contributed by atoms with van der Waals surface area (Å²) in [6.45, 7) is 0. The van der Waals surface area contributed by atoms with Gasteiger partial charge in [-0.3, -0.25) is 0 Å². The second-order valence-electron chi connectivity index (χ2n) is 1.44. The van der Waals surface area contributed by atoms with Crippen LogP contribution in [0.4, 0.5) is 0 Å². The van der Waals surface area contributed by atoms with Crippen LogP contribution in [-0.2, 0) is 0 Å². The second kappa shape index (κ2) is 9.59. The summed E-state index contributed by atoms with van der Waals surface area (Å²) >= 11 is 11.1. The Kier molecular flexibility index (Phi) is 16.0. The second-order valence-corrected chi connectivity index (χ2v) is 2.31. The fourth-order valence-electron chi connectivity index (χ4n) is 0.430. The summed E-state index contributed by atoms with van der Waals surface area (Å²) in [7, 11) is 0. The minimum Gasteiger partial charge on any atom is -1.00 e. The van der Waals surface area contributed by atoms with Crippen LogP contribution in [0.25, 0.3) is 0 Å². The largest absolute Gasteiger partial charge is 1.00 e. The molecule has 1 aromatic rings. The molecule has 0 spiro atoms. The van der Waals surface area contributed by atoms with Gasteiger partial charge in [0.25, 0.3) is 0 Å². The Balaban J connectivity index is -0.0000000800. The van der Waals surface area contributed by atoms with Crippen LogP contribution in [0.15, 0.2) is 24.3 Å². The predicted molar refractivity (Wildman–Crippen MR) is 58.3 cm³/mol. The van der Waals surface area contributed by atoms with Gasteiger partial charge in [0.2, 0.25) is 0 Å². The Morgan fingerprint density at radius 1 is 0.818 bits per heavy atom. The van der Waals surface area contributed by atoms with Gasteiger partial charge in [-0.2, -0.15) is 27.0 Å². The molecular formula is C6H9Cl2NaS2. The van der Waals surface area contributed by atoms with Crippen LogP contribution in [0.5, 0.6) is 0 Å². The molecule has 0 unspecified atom stereocenters. The summed E-state index contributed by atoms with van der Waals surface area (Å²) in [6, 6.07) is 7.02. The van der Waals surface area contributed by atoms with Gasteiger partial charge in [0, 0.05) is 10.0 Å². The van der Waals surface area contributed by atoms with Crippen molar-refractivity contribution in [2.24, 2.45) is 0 Å². The topological polar surface area (TPSA) is 0 Å². The molecule has 1 aromatic carbocycles. The van der Waals surface area contributed by atoms with E-state index in [1.54, 1.807) is 24.3 Å². The maximum Gasteiger partial charge on any atom is 1.00 e. The quantitative estimate of drug-likeness (QED) is 0.573. The minimum atomic E-state index is 0. The monoisotopic (exact) mass is 238 g/mol. The van der Waals surface area contributed by atoms with Crippen molar-refractivity contribution < 1.29 is 31.0 Å². The Morgan fingerprint density at radius 2 is 1.00 bits per heavy atom. The van der Waals surface area contributed by atoms with E-state index in [4.69, 9.17) is 23.2 Å². The summed E-state index contributed by atoms with van der Waals surface area (Å²) in [4.78, 5) is 0. The molecule has 0 heterocycles. The van der Waals surface area contributed by atoms with Gasteiger partial charge in [-0.1, -0.05) is 23.2 Å². The van der Waals surface area contributed by atoms with Crippen LogP contribution in [0.2, 0.25) is 10.0 Å². The summed E-state index contributed by atoms with van der Waals surface area (Å²) in [5.74, 6) is 0. The zero-order valence-electron chi connectivity index (χ0n) is 7.07. The first-order valence-electron chi connectivity index (χ1n) is 2.20. The Bertz CT molecular complexity index is 162. The first-order valence-corrected chi connectivity index (χ1v) is 2.96. The van der Waals surface area contributed by atoms with E-state index in [2.05, 4.69) is 0 Å². The summed E-state index contributed by atoms with van der Waals surface area (Å²) in [5.41, 5.74) is 0. The molecule has 1 rings (SSSR count). The van der Waals surface area contributed by atoms with Crippen LogP contribution < -0.4 is 29.6 Å². The molecule has 0 bridgehead atoms. The number of halogens is 2. The third kappa shape index (κ3) is 7.85. The van der Waals surface area contributed by atoms with Crippen molar-refractivity contribution in [2.45, 2.75) is 0 Å². The van der Waals surface area contributed by atoms with Crippen LogP contribution in [0, 0.1) is 0 Å². The van der Waals surface area contributed by atoms with Gasteiger partial charge >= 0.3 is 29.6 Å². The average molecular weight is 239 g/mol. The van der Waals surface area contributed by atoms with E-state index in [1.807, 2.05) is 0 Å². The standard InChI is InChI=1S/C6H4Cl2.Na.2H2S.H/c7-5-1-2-6(8)4-3-5;;;;/h1-4H;;2*1H2;/q;+1;;;-1. The van der Waals surface area contributed by atoms with Crippen LogP contribution in [0.3, 0.4) is 0 Å². The molecule has 11 heavy (non-hydrogen) atoms. The molecule has 0 atom stereocenters. The minimum absolute atomic E-state index is 0. The van der Waals surface area contributed by atoms with Gasteiger partial charge in [0.15, 0.2) is 0 Å². The third-order valence-electron chi connectivity index (χ3n) is 0.804. The zero-order valence-corrected chi connectivity index (χ0v) is 11.6. The third-order valence-corrected chi connectivity index (χ3v) is 1.31. The Morgan fingerprint density at radius 3 is 1.18 bits per heavy atom. The smallest absolute Gasteiger partial charge is 1.00 e. The number of hydrogen-bond acceptors (Lipinski definition) is 0. The first-order chi connectivity index (χ1) is 3.79. The number of hydrogen-bond donors (Lipinski definition) is 0. The van der Waals surface area contributed by atoms with Crippen molar-refractivity contribution >= 4 is 50.2 Å². The van der Waals surface area contributed by atoms with E-state index in [0.29, 0.717) is 0 Å². The van der Waals surface area contributed by atoms with Crippen molar-refractivity contribution in [1.29, 1.82) is 0 Å². The molecule has 0 saturated carbocycles. The number of benzene rings is 1. The van der Waals surface area contributed by atoms with E-state index < -0.39 is 0 Å². The predicted octanol–water partition coefficient (Wildman–Crippen LogP) is 0.336. The van der Waals surface area contributed by atoms with Gasteiger partial charge in [-0.05, 0) is 24.3 Å². The molecule has 0 radical (unpaired) electrons. The van der Waals surface area contributed by atoms with Crippen molar-refractivity contribution in [1.82, 2.24) is 0 Å². The van der Waals surface area contributed by atoms with Gasteiger partial charge in [0.1, 0.15) is 0 Å². The molecule has 0 nitrogen and oxygen atoms in total. The molecule has 0 saturated heterocycles. The van der Waals surface area contributed by atoms with Crippen molar-refractivity contribution in [3.63, 3.8) is 0 Å². The fourth-order valence-corrected chi connectivity index (χ4v) is 0.682. The van der Waals surface area contributed by atoms with E-state index >= 15 is 0 Å². The van der Waals surface area contributed by atoms with Crippen LogP contribution in [-0.4, -0.2) is 0 Å². The van der Waals surface area contributed by atoms with Crippen LogP contribution in [0.1, 0.15) is 1.43 Å². The van der Waals surface area contributed by atoms with Crippen molar-refractivity contribution in [3.05, 3.63) is 34.3 Å². The Hall–Kier alpha value is 1.50. The van der Waals surface area contributed by atoms with Crippen molar-refractivity contribution in [2.75, 3.05) is 0 Å². The van der Waals surface area contributed by atoms with E-state index in [1.165, 1.54) is 0 Å². The Labute approximate surface area is 114 Å². The molecule has 0 fully saturated rings. The molecule has 0 aromatic heterocycles.